The molecule has 0 atom stereocenters. The Morgan fingerprint density at radius 2 is 0.404 bits per heavy atom. The lowest BCUT2D eigenvalue weighted by molar-refractivity contribution is 1.18. The maximum absolute atomic E-state index is 2.52. The molecule has 0 N–H and O–H groups in total. The van der Waals surface area contributed by atoms with Gasteiger partial charge in [0.15, 0.2) is 0 Å². The molecule has 438 valence electrons. The summed E-state index contributed by atoms with van der Waals surface area (Å²) in [5, 5.41) is 16.8. The summed E-state index contributed by atoms with van der Waals surface area (Å²) in [5.41, 5.74) is 20.4. The Morgan fingerprint density at radius 3 is 0.681 bits per heavy atom. The van der Waals surface area contributed by atoms with E-state index in [1.807, 2.05) is 0 Å². The van der Waals surface area contributed by atoms with Crippen molar-refractivity contribution in [3.8, 4) is 22.7 Å². The van der Waals surface area contributed by atoms with E-state index in [9.17, 15) is 0 Å². The van der Waals surface area contributed by atoms with Gasteiger partial charge in [-0.25, -0.2) is 0 Å². The minimum atomic E-state index is 1.07. The molecule has 0 aliphatic heterocycles. The molecule has 0 saturated heterocycles. The Kier molecular flexibility index (Phi) is 11.3. The highest BCUT2D eigenvalue weighted by molar-refractivity contribution is 6.29. The van der Waals surface area contributed by atoms with Crippen molar-refractivity contribution in [3.63, 3.8) is 0 Å². The Bertz CT molecular complexity index is 5710. The van der Waals surface area contributed by atoms with E-state index in [0.29, 0.717) is 0 Å². The van der Waals surface area contributed by atoms with Gasteiger partial charge < -0.3 is 28.1 Å². The zero-order valence-electron chi connectivity index (χ0n) is 51.0. The van der Waals surface area contributed by atoms with E-state index in [2.05, 4.69) is 368 Å². The molecule has 94 heavy (non-hydrogen) atoms. The van der Waals surface area contributed by atoms with Gasteiger partial charge in [-0.15, -0.1) is 0 Å². The van der Waals surface area contributed by atoms with Crippen LogP contribution >= 0.6 is 0 Å². The molecule has 20 aromatic rings. The van der Waals surface area contributed by atoms with Crippen molar-refractivity contribution in [2.75, 3.05) is 9.80 Å². The smallest absolute Gasteiger partial charge is 0.0542 e. The van der Waals surface area contributed by atoms with Gasteiger partial charge in [0.1, 0.15) is 0 Å². The zero-order valence-corrected chi connectivity index (χ0v) is 51.0. The number of anilines is 6. The number of hydrogen-bond acceptors (Lipinski definition) is 2. The first kappa shape index (κ1) is 52.2. The molecule has 6 heteroatoms. The average molecular weight is 1200 g/mol. The van der Waals surface area contributed by atoms with E-state index >= 15 is 0 Å². The van der Waals surface area contributed by atoms with Crippen LogP contribution in [0.4, 0.5) is 34.1 Å². The van der Waals surface area contributed by atoms with Gasteiger partial charge in [0.2, 0.25) is 0 Å². The third-order valence-electron chi connectivity index (χ3n) is 19.8. The van der Waals surface area contributed by atoms with Crippen molar-refractivity contribution in [3.05, 3.63) is 340 Å². The highest BCUT2D eigenvalue weighted by atomic mass is 15.2. The van der Waals surface area contributed by atoms with Crippen LogP contribution in [0.15, 0.2) is 340 Å². The first-order valence-electron chi connectivity index (χ1n) is 32.3. The summed E-state index contributed by atoms with van der Waals surface area (Å²) in [4.78, 5) is 5.03. The molecule has 6 nitrogen and oxygen atoms in total. The highest BCUT2D eigenvalue weighted by Gasteiger charge is 2.26. The van der Waals surface area contributed by atoms with Gasteiger partial charge in [0, 0.05) is 99.4 Å². The summed E-state index contributed by atoms with van der Waals surface area (Å²) in [7, 11) is 0. The third kappa shape index (κ3) is 7.71. The van der Waals surface area contributed by atoms with Crippen LogP contribution in [-0.4, -0.2) is 18.3 Å². The van der Waals surface area contributed by atoms with Crippen LogP contribution in [0.2, 0.25) is 0 Å². The predicted molar refractivity (Wildman–Crippen MR) is 397 cm³/mol. The number of nitrogens with zero attached hydrogens (tertiary/aromatic N) is 6. The largest absolute Gasteiger partial charge is 0.310 e. The molecule has 20 rings (SSSR count). The van der Waals surface area contributed by atoms with Gasteiger partial charge in [-0.3, -0.25) is 0 Å². The van der Waals surface area contributed by atoms with E-state index < -0.39 is 0 Å². The van der Waals surface area contributed by atoms with Gasteiger partial charge >= 0.3 is 0 Å². The molecule has 0 fully saturated rings. The van der Waals surface area contributed by atoms with Crippen LogP contribution in [0.5, 0.6) is 0 Å². The molecule has 0 unspecified atom stereocenters. The average Bonchev–Trinajstić information content (AvgIpc) is 0.931. The molecule has 0 bridgehead atoms. The molecular formula is C88H56N6. The lowest BCUT2D eigenvalue weighted by Gasteiger charge is -2.29. The summed E-state index contributed by atoms with van der Waals surface area (Å²) in [5.74, 6) is 0. The Balaban J connectivity index is 0.837. The first-order chi connectivity index (χ1) is 46.7. The molecule has 0 aliphatic carbocycles. The second-order valence-corrected chi connectivity index (χ2v) is 24.8. The molecule has 4 aromatic heterocycles. The summed E-state index contributed by atoms with van der Waals surface area (Å²) >= 11 is 0. The van der Waals surface area contributed by atoms with Crippen molar-refractivity contribution >= 4 is 154 Å². The van der Waals surface area contributed by atoms with E-state index in [-0.39, 0.29) is 0 Å². The van der Waals surface area contributed by atoms with E-state index in [1.54, 1.807) is 0 Å². The lowest BCUT2D eigenvalue weighted by atomic mass is 9.91. The van der Waals surface area contributed by atoms with Crippen molar-refractivity contribution in [1.82, 2.24) is 18.3 Å². The van der Waals surface area contributed by atoms with Gasteiger partial charge in [-0.2, -0.15) is 0 Å². The van der Waals surface area contributed by atoms with Crippen molar-refractivity contribution < 1.29 is 0 Å². The quantitative estimate of drug-likeness (QED) is 0.128. The number of para-hydroxylation sites is 8. The monoisotopic (exact) mass is 1200 g/mol. The summed E-state index contributed by atoms with van der Waals surface area (Å²) in [6.07, 6.45) is 0. The second-order valence-electron chi connectivity index (χ2n) is 24.8. The second kappa shape index (κ2) is 20.4. The molecular weight excluding hydrogens is 1140 g/mol. The summed E-state index contributed by atoms with van der Waals surface area (Å²) < 4.78 is 9.62. The van der Waals surface area contributed by atoms with Crippen LogP contribution in [0.25, 0.3) is 142 Å². The van der Waals surface area contributed by atoms with E-state index in [4.69, 9.17) is 0 Å². The third-order valence-corrected chi connectivity index (χ3v) is 19.8. The topological polar surface area (TPSA) is 26.2 Å². The summed E-state index contributed by atoms with van der Waals surface area (Å²) in [6.45, 7) is 0. The SMILES string of the molecule is c1ccc(-n2c3ccccc3c3cc(N(c4ccc5c(c4)c4ccccc4n5-c4ccccc4)c4ccc5ccc6c(N(c7ccc8c(c7)c7ccccc7n8-c7ccccc7)c7ccc8c(c7)c7ccccc7n8-c7ccccc7)ccc7ccc4c5c76)ccc32)cc1. The Hall–Kier alpha value is -12.6. The minimum Gasteiger partial charge on any atom is -0.310 e. The number of aromatic nitrogens is 4. The fourth-order valence-electron chi connectivity index (χ4n) is 15.8. The molecule has 0 saturated carbocycles. The van der Waals surface area contributed by atoms with Crippen molar-refractivity contribution in [1.29, 1.82) is 0 Å². The van der Waals surface area contributed by atoms with Crippen LogP contribution in [0, 0.1) is 0 Å². The molecule has 0 radical (unpaired) electrons. The number of hydrogen-bond donors (Lipinski definition) is 0. The van der Waals surface area contributed by atoms with Gasteiger partial charge in [0.25, 0.3) is 0 Å². The summed E-state index contributed by atoms with van der Waals surface area (Å²) in [6, 6.07) is 126. The maximum atomic E-state index is 2.52. The predicted octanol–water partition coefficient (Wildman–Crippen LogP) is 23.9. The number of fused-ring (bicyclic) bond motifs is 12. The molecule has 0 spiro atoms. The fraction of sp³-hybridized carbons (Fsp3) is 0. The van der Waals surface area contributed by atoms with Gasteiger partial charge in [-0.1, -0.05) is 182 Å². The van der Waals surface area contributed by atoms with Gasteiger partial charge in [0.05, 0.1) is 55.5 Å². The minimum absolute atomic E-state index is 1.07. The molecule has 16 aromatic carbocycles. The number of benzene rings is 16. The van der Waals surface area contributed by atoms with Crippen LogP contribution < -0.4 is 9.80 Å². The van der Waals surface area contributed by atoms with E-state index in [0.717, 1.165) is 78.9 Å². The molecule has 4 heterocycles. The number of rotatable bonds is 10. The Labute approximate surface area is 541 Å². The molecule has 0 aliphatic rings. The maximum Gasteiger partial charge on any atom is 0.0542 e. The van der Waals surface area contributed by atoms with Crippen molar-refractivity contribution in [2.45, 2.75) is 0 Å². The first-order valence-corrected chi connectivity index (χ1v) is 32.3. The normalized spacial score (nSPS) is 12.0. The van der Waals surface area contributed by atoms with Crippen LogP contribution in [0.3, 0.4) is 0 Å². The standard InChI is InChI=1S/C88H56N6/c1-5-21-59(22-6-1)91-77-33-17-13-29-67(77)73-53-63(41-49-83(73)91)89(64-42-50-84-74(54-64)68-30-14-18-34-78(68)92(84)60-23-7-2-8-24-60)81-47-39-57-38-46-72-82(48-40-58-37-45-71(81)87(57)88(58)72)90(65-43-51-85-75(55-65)69-31-15-19-35-79(69)93(85)61-25-9-3-10-26-61)66-44-52-86-76(56-66)70-32-16-20-36-80(70)94(86)62-27-11-4-12-28-62/h1-56H. The zero-order chi connectivity index (χ0) is 61.5. The highest BCUT2D eigenvalue weighted by Crippen LogP contribution is 2.51. The van der Waals surface area contributed by atoms with Crippen LogP contribution in [0.1, 0.15) is 0 Å². The lowest BCUT2D eigenvalue weighted by Crippen LogP contribution is -2.11. The van der Waals surface area contributed by atoms with Gasteiger partial charge in [-0.05, 0) is 179 Å². The molecule has 0 amide bonds. The van der Waals surface area contributed by atoms with Crippen LogP contribution in [-0.2, 0) is 0 Å². The fourth-order valence-corrected chi connectivity index (χ4v) is 15.8. The van der Waals surface area contributed by atoms with E-state index in [1.165, 1.54) is 97.5 Å². The Morgan fingerprint density at radius 1 is 0.170 bits per heavy atom. The van der Waals surface area contributed by atoms with Crippen molar-refractivity contribution in [2.24, 2.45) is 0 Å².